The standard InChI is InChI=1S/C19H21ClN2O4S/c20-17-10-4-5-11-18(17)22(27(24,25)16-8-2-1-3-9-16)14-19(23)21-13-15-7-6-12-26-15/h1-5,8-11,15H,6-7,12-14H2,(H,21,23)/t15-/m1/s1. The lowest BCUT2D eigenvalue weighted by atomic mass is 10.2. The van der Waals surface area contributed by atoms with Gasteiger partial charge in [0.15, 0.2) is 0 Å². The molecule has 0 radical (unpaired) electrons. The van der Waals surface area contributed by atoms with Crippen molar-refractivity contribution < 1.29 is 17.9 Å². The van der Waals surface area contributed by atoms with Gasteiger partial charge >= 0.3 is 0 Å². The van der Waals surface area contributed by atoms with Crippen molar-refractivity contribution in [1.82, 2.24) is 5.32 Å². The second-order valence-electron chi connectivity index (χ2n) is 6.22. The van der Waals surface area contributed by atoms with Gasteiger partial charge in [0.2, 0.25) is 5.91 Å². The van der Waals surface area contributed by atoms with Crippen molar-refractivity contribution in [3.8, 4) is 0 Å². The fraction of sp³-hybridized carbons (Fsp3) is 0.316. The Labute approximate surface area is 164 Å². The molecule has 8 heteroatoms. The molecule has 0 unspecified atom stereocenters. The van der Waals surface area contributed by atoms with E-state index in [4.69, 9.17) is 16.3 Å². The van der Waals surface area contributed by atoms with Crippen LogP contribution >= 0.6 is 11.6 Å². The zero-order valence-corrected chi connectivity index (χ0v) is 16.2. The third-order valence-corrected chi connectivity index (χ3v) is 6.38. The fourth-order valence-corrected chi connectivity index (χ4v) is 4.64. The van der Waals surface area contributed by atoms with Gasteiger partial charge in [0, 0.05) is 13.2 Å². The van der Waals surface area contributed by atoms with Gasteiger partial charge in [-0.05, 0) is 37.1 Å². The minimum Gasteiger partial charge on any atom is -0.376 e. The monoisotopic (exact) mass is 408 g/mol. The van der Waals surface area contributed by atoms with Crippen LogP contribution in [0.5, 0.6) is 0 Å². The van der Waals surface area contributed by atoms with E-state index >= 15 is 0 Å². The molecule has 3 rings (SSSR count). The van der Waals surface area contributed by atoms with Crippen molar-refractivity contribution in [1.29, 1.82) is 0 Å². The van der Waals surface area contributed by atoms with Crippen molar-refractivity contribution >= 4 is 33.2 Å². The van der Waals surface area contributed by atoms with Crippen LogP contribution in [0.15, 0.2) is 59.5 Å². The van der Waals surface area contributed by atoms with Gasteiger partial charge < -0.3 is 10.1 Å². The fourth-order valence-electron chi connectivity index (χ4n) is 2.89. The maximum absolute atomic E-state index is 13.1. The van der Waals surface area contributed by atoms with Gasteiger partial charge in [0.05, 0.1) is 21.7 Å². The first-order valence-corrected chi connectivity index (χ1v) is 10.5. The van der Waals surface area contributed by atoms with E-state index in [2.05, 4.69) is 5.32 Å². The van der Waals surface area contributed by atoms with E-state index in [1.54, 1.807) is 42.5 Å². The number of rotatable bonds is 7. The van der Waals surface area contributed by atoms with Crippen molar-refractivity contribution in [2.75, 3.05) is 24.0 Å². The maximum atomic E-state index is 13.1. The lowest BCUT2D eigenvalue weighted by Gasteiger charge is -2.25. The van der Waals surface area contributed by atoms with Crippen molar-refractivity contribution in [2.24, 2.45) is 0 Å². The zero-order chi connectivity index (χ0) is 19.3. The van der Waals surface area contributed by atoms with E-state index < -0.39 is 15.9 Å². The second-order valence-corrected chi connectivity index (χ2v) is 8.48. The van der Waals surface area contributed by atoms with Gasteiger partial charge in [0.1, 0.15) is 6.54 Å². The number of benzene rings is 2. The van der Waals surface area contributed by atoms with Gasteiger partial charge in [-0.15, -0.1) is 0 Å². The number of carbonyl (C=O) groups is 1. The average Bonchev–Trinajstić information content (AvgIpc) is 3.19. The summed E-state index contributed by atoms with van der Waals surface area (Å²) in [7, 11) is -3.95. The quantitative estimate of drug-likeness (QED) is 0.764. The average molecular weight is 409 g/mol. The highest BCUT2D eigenvalue weighted by molar-refractivity contribution is 7.92. The second kappa shape index (κ2) is 8.73. The number of hydrogen-bond acceptors (Lipinski definition) is 4. The highest BCUT2D eigenvalue weighted by atomic mass is 35.5. The Morgan fingerprint density at radius 1 is 1.15 bits per heavy atom. The van der Waals surface area contributed by atoms with E-state index in [1.165, 1.54) is 12.1 Å². The van der Waals surface area contributed by atoms with Gasteiger partial charge in [-0.1, -0.05) is 41.9 Å². The molecule has 1 atom stereocenters. The molecule has 144 valence electrons. The summed E-state index contributed by atoms with van der Waals surface area (Å²) in [5, 5.41) is 3.01. The molecule has 0 spiro atoms. The van der Waals surface area contributed by atoms with Gasteiger partial charge in [-0.25, -0.2) is 8.42 Å². The Hall–Kier alpha value is -2.09. The van der Waals surface area contributed by atoms with Crippen molar-refractivity contribution in [2.45, 2.75) is 23.8 Å². The summed E-state index contributed by atoms with van der Waals surface area (Å²) in [4.78, 5) is 12.6. The molecule has 1 saturated heterocycles. The van der Waals surface area contributed by atoms with Gasteiger partial charge in [-0.3, -0.25) is 9.10 Å². The molecule has 27 heavy (non-hydrogen) atoms. The van der Waals surface area contributed by atoms with Gasteiger partial charge in [0.25, 0.3) is 10.0 Å². The molecule has 0 aromatic heterocycles. The van der Waals surface area contributed by atoms with Crippen LogP contribution in [0.3, 0.4) is 0 Å². The number of carbonyl (C=O) groups excluding carboxylic acids is 1. The normalized spacial score (nSPS) is 16.9. The van der Waals surface area contributed by atoms with Crippen molar-refractivity contribution in [3.05, 3.63) is 59.6 Å². The first-order valence-electron chi connectivity index (χ1n) is 8.69. The lowest BCUT2D eigenvalue weighted by molar-refractivity contribution is -0.120. The third kappa shape index (κ3) is 4.80. The van der Waals surface area contributed by atoms with Crippen LogP contribution in [-0.2, 0) is 19.6 Å². The molecular weight excluding hydrogens is 388 g/mol. The molecule has 0 aliphatic carbocycles. The first kappa shape index (κ1) is 19.7. The number of ether oxygens (including phenoxy) is 1. The first-order chi connectivity index (χ1) is 13.0. The summed E-state index contributed by atoms with van der Waals surface area (Å²) in [6.07, 6.45) is 1.83. The lowest BCUT2D eigenvalue weighted by Crippen LogP contribution is -2.43. The number of halogens is 1. The summed E-state index contributed by atoms with van der Waals surface area (Å²) in [5.74, 6) is -0.412. The predicted molar refractivity (Wildman–Crippen MR) is 104 cm³/mol. The molecule has 6 nitrogen and oxygen atoms in total. The molecule has 1 fully saturated rings. The Balaban J connectivity index is 1.84. The number of nitrogens with zero attached hydrogens (tertiary/aromatic N) is 1. The summed E-state index contributed by atoms with van der Waals surface area (Å²) < 4.78 is 32.8. The van der Waals surface area contributed by atoms with Crippen LogP contribution in [0.4, 0.5) is 5.69 Å². The third-order valence-electron chi connectivity index (χ3n) is 4.29. The van der Waals surface area contributed by atoms with Crippen LogP contribution in [0.25, 0.3) is 0 Å². The molecule has 1 aliphatic heterocycles. The molecule has 0 saturated carbocycles. The Morgan fingerprint density at radius 3 is 2.52 bits per heavy atom. The smallest absolute Gasteiger partial charge is 0.264 e. The SMILES string of the molecule is O=C(CN(c1ccccc1Cl)S(=O)(=O)c1ccccc1)NC[C@H]1CCCO1. The Bertz CT molecular complexity index is 884. The number of hydrogen-bond donors (Lipinski definition) is 1. The predicted octanol–water partition coefficient (Wildman–Crippen LogP) is 2.83. The van der Waals surface area contributed by atoms with Crippen LogP contribution in [0, 0.1) is 0 Å². The minimum atomic E-state index is -3.95. The van der Waals surface area contributed by atoms with E-state index in [0.29, 0.717) is 13.2 Å². The number of sulfonamides is 1. The molecule has 0 bridgehead atoms. The topological polar surface area (TPSA) is 75.7 Å². The van der Waals surface area contributed by atoms with E-state index in [-0.39, 0.29) is 28.3 Å². The Morgan fingerprint density at radius 2 is 1.85 bits per heavy atom. The number of amides is 1. The highest BCUT2D eigenvalue weighted by Crippen LogP contribution is 2.30. The molecule has 1 aliphatic rings. The van der Waals surface area contributed by atoms with E-state index in [9.17, 15) is 13.2 Å². The van der Waals surface area contributed by atoms with Crippen LogP contribution in [0.1, 0.15) is 12.8 Å². The Kier molecular flexibility index (Phi) is 6.36. The number of para-hydroxylation sites is 1. The zero-order valence-electron chi connectivity index (χ0n) is 14.7. The van der Waals surface area contributed by atoms with E-state index in [1.807, 2.05) is 0 Å². The maximum Gasteiger partial charge on any atom is 0.264 e. The highest BCUT2D eigenvalue weighted by Gasteiger charge is 2.28. The summed E-state index contributed by atoms with van der Waals surface area (Å²) in [6.45, 7) is 0.683. The molecule has 1 N–H and O–H groups in total. The molecule has 1 amide bonds. The van der Waals surface area contributed by atoms with Gasteiger partial charge in [-0.2, -0.15) is 0 Å². The molecule has 2 aromatic rings. The molecule has 2 aromatic carbocycles. The minimum absolute atomic E-state index is 0.0200. The van der Waals surface area contributed by atoms with Crippen LogP contribution in [-0.4, -0.2) is 40.1 Å². The van der Waals surface area contributed by atoms with Crippen LogP contribution < -0.4 is 9.62 Å². The van der Waals surface area contributed by atoms with Crippen LogP contribution in [0.2, 0.25) is 5.02 Å². The summed E-state index contributed by atoms with van der Waals surface area (Å²) >= 11 is 6.22. The molecule has 1 heterocycles. The van der Waals surface area contributed by atoms with Crippen molar-refractivity contribution in [3.63, 3.8) is 0 Å². The summed E-state index contributed by atoms with van der Waals surface area (Å²) in [5.41, 5.74) is 0.260. The summed E-state index contributed by atoms with van der Waals surface area (Å²) in [6, 6.07) is 14.5. The number of anilines is 1. The largest absolute Gasteiger partial charge is 0.376 e. The molecular formula is C19H21ClN2O4S. The number of nitrogens with one attached hydrogen (secondary N) is 1. The van der Waals surface area contributed by atoms with E-state index in [0.717, 1.165) is 17.1 Å².